The van der Waals surface area contributed by atoms with Gasteiger partial charge in [-0.25, -0.2) is 0 Å². The minimum absolute atomic E-state index is 0.422. The Bertz CT molecular complexity index is 824. The third-order valence-electron chi connectivity index (χ3n) is 4.21. The maximum absolute atomic E-state index is 6.03. The molecule has 116 valence electrons. The van der Waals surface area contributed by atoms with Crippen LogP contribution in [0.4, 0.5) is 0 Å². The first-order valence-electron chi connectivity index (χ1n) is 7.72. The average molecular weight is 325 g/mol. The highest BCUT2D eigenvalue weighted by Crippen LogP contribution is 2.35. The molecule has 1 atom stereocenters. The van der Waals surface area contributed by atoms with E-state index in [1.807, 2.05) is 48.8 Å². The van der Waals surface area contributed by atoms with Crippen molar-refractivity contribution in [1.82, 2.24) is 20.1 Å². The van der Waals surface area contributed by atoms with E-state index in [1.165, 1.54) is 11.3 Å². The molecule has 0 saturated heterocycles. The Balaban J connectivity index is 1.93. The Morgan fingerprint density at radius 3 is 2.57 bits per heavy atom. The predicted molar refractivity (Wildman–Crippen MR) is 92.2 cm³/mol. The third kappa shape index (κ3) is 2.64. The van der Waals surface area contributed by atoms with Crippen molar-refractivity contribution in [3.8, 4) is 22.4 Å². The molecule has 1 N–H and O–H groups in total. The number of benzene rings is 1. The zero-order chi connectivity index (χ0) is 15.8. The highest BCUT2D eigenvalue weighted by atomic mass is 35.5. The Morgan fingerprint density at radius 1 is 1.09 bits per heavy atom. The van der Waals surface area contributed by atoms with Crippen LogP contribution < -0.4 is 5.32 Å². The summed E-state index contributed by atoms with van der Waals surface area (Å²) < 4.78 is 2.13. The molecule has 4 rings (SSSR count). The number of hydrogen-bond donors (Lipinski definition) is 1. The fourth-order valence-electron chi connectivity index (χ4n) is 3.05. The van der Waals surface area contributed by atoms with Crippen LogP contribution in [0.1, 0.15) is 12.6 Å². The van der Waals surface area contributed by atoms with Crippen LogP contribution >= 0.6 is 11.6 Å². The lowest BCUT2D eigenvalue weighted by Gasteiger charge is -2.22. The van der Waals surface area contributed by atoms with Crippen LogP contribution in [0.15, 0.2) is 48.8 Å². The molecule has 0 bridgehead atoms. The first kappa shape index (κ1) is 14.4. The van der Waals surface area contributed by atoms with Crippen LogP contribution in [-0.2, 0) is 13.1 Å². The highest BCUT2D eigenvalue weighted by Gasteiger charge is 2.24. The molecule has 3 aromatic rings. The first-order chi connectivity index (χ1) is 11.2. The molecule has 0 spiro atoms. The molecule has 1 aliphatic rings. The lowest BCUT2D eigenvalue weighted by molar-refractivity contribution is 0.390. The van der Waals surface area contributed by atoms with Gasteiger partial charge in [-0.05, 0) is 36.8 Å². The van der Waals surface area contributed by atoms with Gasteiger partial charge in [-0.2, -0.15) is 5.10 Å². The second-order valence-corrected chi connectivity index (χ2v) is 6.31. The molecule has 4 nitrogen and oxygen atoms in total. The number of nitrogens with zero attached hydrogens (tertiary/aromatic N) is 3. The molecule has 0 aliphatic carbocycles. The minimum Gasteiger partial charge on any atom is -0.307 e. The zero-order valence-corrected chi connectivity index (χ0v) is 13.6. The van der Waals surface area contributed by atoms with Gasteiger partial charge in [0.15, 0.2) is 0 Å². The predicted octanol–water partition coefficient (Wildman–Crippen LogP) is 3.76. The largest absolute Gasteiger partial charge is 0.307 e. The second kappa shape index (κ2) is 5.80. The van der Waals surface area contributed by atoms with Crippen molar-refractivity contribution in [1.29, 1.82) is 0 Å². The van der Waals surface area contributed by atoms with Crippen LogP contribution in [-0.4, -0.2) is 20.8 Å². The van der Waals surface area contributed by atoms with Crippen molar-refractivity contribution in [3.05, 3.63) is 59.5 Å². The Labute approximate surface area is 140 Å². The highest BCUT2D eigenvalue weighted by molar-refractivity contribution is 6.30. The van der Waals surface area contributed by atoms with Gasteiger partial charge in [-0.3, -0.25) is 9.67 Å². The van der Waals surface area contributed by atoms with Crippen molar-refractivity contribution < 1.29 is 0 Å². The molecule has 5 heteroatoms. The summed E-state index contributed by atoms with van der Waals surface area (Å²) in [6.07, 6.45) is 3.65. The van der Waals surface area contributed by atoms with Gasteiger partial charge < -0.3 is 5.32 Å². The second-order valence-electron chi connectivity index (χ2n) is 5.88. The zero-order valence-electron chi connectivity index (χ0n) is 12.8. The summed E-state index contributed by atoms with van der Waals surface area (Å²) in [6.45, 7) is 3.87. The Kier molecular flexibility index (Phi) is 3.63. The number of nitrogens with one attached hydrogen (secondary N) is 1. The fourth-order valence-corrected chi connectivity index (χ4v) is 3.18. The van der Waals surface area contributed by atoms with Gasteiger partial charge >= 0.3 is 0 Å². The molecule has 0 radical (unpaired) electrons. The Hall–Kier alpha value is -2.17. The van der Waals surface area contributed by atoms with Crippen LogP contribution in [0.25, 0.3) is 22.4 Å². The monoisotopic (exact) mass is 324 g/mol. The van der Waals surface area contributed by atoms with E-state index in [-0.39, 0.29) is 0 Å². The molecule has 0 unspecified atom stereocenters. The number of rotatable bonds is 2. The summed E-state index contributed by atoms with van der Waals surface area (Å²) >= 11 is 6.03. The molecular formula is C18H17ClN4. The van der Waals surface area contributed by atoms with Gasteiger partial charge in [0, 0.05) is 41.1 Å². The van der Waals surface area contributed by atoms with E-state index in [1.54, 1.807) is 0 Å². The number of pyridine rings is 1. The lowest BCUT2D eigenvalue weighted by Crippen LogP contribution is -2.36. The van der Waals surface area contributed by atoms with Crippen molar-refractivity contribution in [3.63, 3.8) is 0 Å². The van der Waals surface area contributed by atoms with Gasteiger partial charge in [0.25, 0.3) is 0 Å². The van der Waals surface area contributed by atoms with E-state index < -0.39 is 0 Å². The van der Waals surface area contributed by atoms with E-state index in [4.69, 9.17) is 16.7 Å². The molecule has 1 aromatic carbocycles. The molecule has 1 aliphatic heterocycles. The molecule has 2 aromatic heterocycles. The normalized spacial score (nSPS) is 17.0. The van der Waals surface area contributed by atoms with Crippen molar-refractivity contribution in [2.45, 2.75) is 26.1 Å². The van der Waals surface area contributed by atoms with Crippen molar-refractivity contribution >= 4 is 11.6 Å². The van der Waals surface area contributed by atoms with Gasteiger partial charge in [0.1, 0.15) is 5.69 Å². The number of fused-ring (bicyclic) bond motifs is 1. The maximum Gasteiger partial charge on any atom is 0.100 e. The minimum atomic E-state index is 0.422. The topological polar surface area (TPSA) is 42.7 Å². The van der Waals surface area contributed by atoms with Gasteiger partial charge in [-0.15, -0.1) is 0 Å². The van der Waals surface area contributed by atoms with E-state index >= 15 is 0 Å². The lowest BCUT2D eigenvalue weighted by atomic mass is 9.99. The summed E-state index contributed by atoms with van der Waals surface area (Å²) in [6, 6.07) is 12.4. The fraction of sp³-hybridized carbons (Fsp3) is 0.222. The Morgan fingerprint density at radius 2 is 1.83 bits per heavy atom. The smallest absolute Gasteiger partial charge is 0.100 e. The van der Waals surface area contributed by atoms with Crippen molar-refractivity contribution in [2.24, 2.45) is 0 Å². The third-order valence-corrected chi connectivity index (χ3v) is 4.46. The molecular weight excluding hydrogens is 308 g/mol. The standard InChI is InChI=1S/C18H17ClN4/c1-12-11-23-16(10-21-12)17(13-6-8-20-9-7-13)18(22-23)14-2-4-15(19)5-3-14/h2-9,12,21H,10-11H2,1H3/t12-/m1/s1. The van der Waals surface area contributed by atoms with Crippen LogP contribution in [0, 0.1) is 0 Å². The van der Waals surface area contributed by atoms with Crippen molar-refractivity contribution in [2.75, 3.05) is 0 Å². The summed E-state index contributed by atoms with van der Waals surface area (Å²) in [4.78, 5) is 4.13. The average Bonchev–Trinajstić information content (AvgIpc) is 2.94. The van der Waals surface area contributed by atoms with E-state index in [0.717, 1.165) is 34.9 Å². The summed E-state index contributed by atoms with van der Waals surface area (Å²) in [5.41, 5.74) is 5.62. The van der Waals surface area contributed by atoms with E-state index in [2.05, 4.69) is 21.9 Å². The number of halogens is 1. The summed E-state index contributed by atoms with van der Waals surface area (Å²) in [5.74, 6) is 0. The van der Waals surface area contributed by atoms with Gasteiger partial charge in [-0.1, -0.05) is 23.7 Å². The van der Waals surface area contributed by atoms with Crippen LogP contribution in [0.2, 0.25) is 5.02 Å². The molecule has 23 heavy (non-hydrogen) atoms. The molecule has 0 saturated carbocycles. The van der Waals surface area contributed by atoms with Gasteiger partial charge in [0.2, 0.25) is 0 Å². The molecule has 0 fully saturated rings. The molecule has 3 heterocycles. The van der Waals surface area contributed by atoms with E-state index in [0.29, 0.717) is 6.04 Å². The summed E-state index contributed by atoms with van der Waals surface area (Å²) in [5, 5.41) is 9.15. The summed E-state index contributed by atoms with van der Waals surface area (Å²) in [7, 11) is 0. The van der Waals surface area contributed by atoms with Crippen LogP contribution in [0.3, 0.4) is 0 Å². The first-order valence-corrected chi connectivity index (χ1v) is 8.09. The quantitative estimate of drug-likeness (QED) is 0.780. The number of hydrogen-bond acceptors (Lipinski definition) is 3. The number of aromatic nitrogens is 3. The maximum atomic E-state index is 6.03. The van der Waals surface area contributed by atoms with Gasteiger partial charge in [0.05, 0.1) is 12.2 Å². The van der Waals surface area contributed by atoms with E-state index in [9.17, 15) is 0 Å². The molecule has 0 amide bonds. The van der Waals surface area contributed by atoms with Crippen LogP contribution in [0.5, 0.6) is 0 Å². The SMILES string of the molecule is C[C@@H]1Cn2nc(-c3ccc(Cl)cc3)c(-c3ccncc3)c2CN1.